The number of rotatable bonds is 7. The number of carbonyl (C=O) groups excluding carboxylic acids is 1. The van der Waals surface area contributed by atoms with E-state index in [9.17, 15) is 4.79 Å². The molecule has 1 aliphatic carbocycles. The van der Waals surface area contributed by atoms with Crippen LogP contribution in [-0.2, 0) is 10.2 Å². The van der Waals surface area contributed by atoms with Crippen molar-refractivity contribution in [3.05, 3.63) is 60.2 Å². The van der Waals surface area contributed by atoms with Crippen molar-refractivity contribution in [2.24, 2.45) is 11.8 Å². The number of hydrogen-bond acceptors (Lipinski definition) is 3. The van der Waals surface area contributed by atoms with Gasteiger partial charge in [0.15, 0.2) is 0 Å². The summed E-state index contributed by atoms with van der Waals surface area (Å²) in [5.41, 5.74) is 1.55. The molecule has 172 valence electrons. The molecule has 2 aromatic rings. The smallest absolute Gasteiger partial charge is 0.235 e. The average Bonchev–Trinajstić information content (AvgIpc) is 2.80. The second-order valence-electron chi connectivity index (χ2n) is 10.0. The minimum Gasteiger partial charge on any atom is -0.492 e. The van der Waals surface area contributed by atoms with Crippen LogP contribution in [0.25, 0.3) is 0 Å². The van der Waals surface area contributed by atoms with Crippen molar-refractivity contribution in [2.45, 2.75) is 57.8 Å². The molecule has 0 radical (unpaired) electrons. The first-order valence-electron chi connectivity index (χ1n) is 12.4. The molecular weight excluding hydrogens is 396 g/mol. The summed E-state index contributed by atoms with van der Waals surface area (Å²) in [6, 6.07) is 18.1. The van der Waals surface area contributed by atoms with E-state index >= 15 is 0 Å². The Morgan fingerprint density at radius 2 is 1.62 bits per heavy atom. The number of nitrogens with zero attached hydrogens (tertiary/aromatic N) is 1. The molecular formula is C28H38N2O2. The molecule has 32 heavy (non-hydrogen) atoms. The summed E-state index contributed by atoms with van der Waals surface area (Å²) in [5, 5.41) is 3.19. The first-order valence-corrected chi connectivity index (χ1v) is 12.4. The van der Waals surface area contributed by atoms with Crippen LogP contribution < -0.4 is 10.1 Å². The Bertz CT molecular complexity index is 849. The Labute approximate surface area is 193 Å². The molecule has 1 amide bonds. The van der Waals surface area contributed by atoms with Gasteiger partial charge in [-0.05, 0) is 60.9 Å². The molecule has 0 aromatic heterocycles. The Balaban J connectivity index is 1.33. The van der Waals surface area contributed by atoms with Crippen molar-refractivity contribution in [1.29, 1.82) is 0 Å². The van der Waals surface area contributed by atoms with Gasteiger partial charge in [-0.2, -0.15) is 0 Å². The van der Waals surface area contributed by atoms with Crippen LogP contribution in [0.3, 0.4) is 0 Å². The van der Waals surface area contributed by atoms with Gasteiger partial charge in [-0.1, -0.05) is 63.4 Å². The fourth-order valence-corrected chi connectivity index (χ4v) is 5.71. The maximum Gasteiger partial charge on any atom is 0.235 e. The number of nitrogens with one attached hydrogen (secondary N) is 1. The topological polar surface area (TPSA) is 41.6 Å². The molecule has 0 unspecified atom stereocenters. The zero-order valence-corrected chi connectivity index (χ0v) is 19.7. The van der Waals surface area contributed by atoms with Crippen LogP contribution in [0.5, 0.6) is 5.75 Å². The third kappa shape index (κ3) is 5.53. The number of hydrogen-bond donors (Lipinski definition) is 1. The highest BCUT2D eigenvalue weighted by atomic mass is 16.5. The number of anilines is 1. The van der Waals surface area contributed by atoms with Gasteiger partial charge >= 0.3 is 0 Å². The van der Waals surface area contributed by atoms with Crippen molar-refractivity contribution in [3.63, 3.8) is 0 Å². The molecule has 1 heterocycles. The largest absolute Gasteiger partial charge is 0.492 e. The first-order chi connectivity index (χ1) is 15.5. The number of amides is 1. The molecule has 4 rings (SSSR count). The number of carbonyl (C=O) groups is 1. The van der Waals surface area contributed by atoms with Gasteiger partial charge in [0, 0.05) is 25.3 Å². The van der Waals surface area contributed by atoms with Gasteiger partial charge < -0.3 is 10.1 Å². The van der Waals surface area contributed by atoms with Gasteiger partial charge in [-0.25, -0.2) is 0 Å². The molecule has 2 atom stereocenters. The number of ether oxygens (including phenoxy) is 1. The van der Waals surface area contributed by atoms with Crippen LogP contribution in [-0.4, -0.2) is 37.0 Å². The van der Waals surface area contributed by atoms with Gasteiger partial charge in [0.1, 0.15) is 12.4 Å². The summed E-state index contributed by atoms with van der Waals surface area (Å²) in [6.45, 7) is 8.68. The predicted molar refractivity (Wildman–Crippen MR) is 131 cm³/mol. The maximum absolute atomic E-state index is 13.4. The molecule has 4 nitrogen and oxygen atoms in total. The fraction of sp³-hybridized carbons (Fsp3) is 0.536. The average molecular weight is 435 g/mol. The first kappa shape index (κ1) is 22.8. The van der Waals surface area contributed by atoms with E-state index in [2.05, 4.69) is 36.2 Å². The van der Waals surface area contributed by atoms with Crippen molar-refractivity contribution >= 4 is 11.6 Å². The Kier molecular flexibility index (Phi) is 7.51. The van der Waals surface area contributed by atoms with Gasteiger partial charge in [0.25, 0.3) is 0 Å². The van der Waals surface area contributed by atoms with E-state index in [1.165, 1.54) is 25.9 Å². The highest BCUT2D eigenvalue weighted by Gasteiger charge is 2.41. The zero-order valence-electron chi connectivity index (χ0n) is 19.7. The summed E-state index contributed by atoms with van der Waals surface area (Å²) in [5.74, 6) is 2.51. The molecule has 2 fully saturated rings. The Morgan fingerprint density at radius 1 is 0.969 bits per heavy atom. The van der Waals surface area contributed by atoms with Gasteiger partial charge in [-0.15, -0.1) is 0 Å². The molecule has 4 heteroatoms. The molecule has 1 saturated heterocycles. The summed E-state index contributed by atoms with van der Waals surface area (Å²) >= 11 is 0. The third-order valence-electron chi connectivity index (χ3n) is 7.20. The highest BCUT2D eigenvalue weighted by molar-refractivity contribution is 5.99. The van der Waals surface area contributed by atoms with E-state index in [4.69, 9.17) is 4.74 Å². The Hall–Kier alpha value is -2.33. The monoisotopic (exact) mass is 434 g/mol. The lowest BCUT2D eigenvalue weighted by Gasteiger charge is -2.36. The number of piperidine rings is 1. The molecule has 1 saturated carbocycles. The van der Waals surface area contributed by atoms with E-state index in [1.807, 2.05) is 42.5 Å². The Morgan fingerprint density at radius 3 is 2.28 bits per heavy atom. The zero-order chi connectivity index (χ0) is 22.4. The molecule has 0 bridgehead atoms. The van der Waals surface area contributed by atoms with E-state index in [-0.39, 0.29) is 5.91 Å². The van der Waals surface area contributed by atoms with Crippen molar-refractivity contribution in [1.82, 2.24) is 4.90 Å². The van der Waals surface area contributed by atoms with E-state index in [0.29, 0.717) is 6.61 Å². The minimum absolute atomic E-state index is 0.116. The highest BCUT2D eigenvalue weighted by Crippen LogP contribution is 2.40. The number of likely N-dealkylation sites (tertiary alicyclic amines) is 1. The maximum atomic E-state index is 13.4. The van der Waals surface area contributed by atoms with Crippen molar-refractivity contribution in [2.75, 3.05) is 31.6 Å². The lowest BCUT2D eigenvalue weighted by molar-refractivity contribution is -0.122. The second kappa shape index (κ2) is 10.5. The number of benzene rings is 2. The molecule has 1 aliphatic heterocycles. The van der Waals surface area contributed by atoms with Crippen molar-refractivity contribution in [3.8, 4) is 5.75 Å². The normalized spacial score (nSPS) is 23.4. The SMILES string of the molecule is C[C@H]1C[C@H](C)CN(CCOc2ccc(NC(=O)C3(c4ccccc4)CCCCC3)cc2)C1. The van der Waals surface area contributed by atoms with Crippen LogP contribution in [0.1, 0.15) is 57.9 Å². The van der Waals surface area contributed by atoms with E-state index < -0.39 is 5.41 Å². The van der Waals surface area contributed by atoms with E-state index in [1.54, 1.807) is 0 Å². The summed E-state index contributed by atoms with van der Waals surface area (Å²) in [7, 11) is 0. The quantitative estimate of drug-likeness (QED) is 0.591. The van der Waals surface area contributed by atoms with Crippen LogP contribution in [0.2, 0.25) is 0 Å². The van der Waals surface area contributed by atoms with Gasteiger partial charge in [0.2, 0.25) is 5.91 Å². The van der Waals surface area contributed by atoms with Gasteiger partial charge in [0.05, 0.1) is 5.41 Å². The standard InChI is InChI=1S/C28H38N2O2/c1-22-19-23(2)21-30(20-22)17-18-32-26-13-11-25(12-14-26)29-27(31)28(15-7-4-8-16-28)24-9-5-3-6-10-24/h3,5-6,9-14,22-23H,4,7-8,15-21H2,1-2H3,(H,29,31)/t22-,23-/m0/s1. The van der Waals surface area contributed by atoms with E-state index in [0.717, 1.165) is 61.1 Å². The molecule has 2 aromatic carbocycles. The molecule has 2 aliphatic rings. The van der Waals surface area contributed by atoms with Crippen LogP contribution in [0.15, 0.2) is 54.6 Å². The molecule has 1 N–H and O–H groups in total. The third-order valence-corrected chi connectivity index (χ3v) is 7.20. The lowest BCUT2D eigenvalue weighted by Crippen LogP contribution is -2.42. The molecule has 0 spiro atoms. The summed E-state index contributed by atoms with van der Waals surface area (Å²) in [6.07, 6.45) is 6.57. The summed E-state index contributed by atoms with van der Waals surface area (Å²) < 4.78 is 5.99. The van der Waals surface area contributed by atoms with Crippen LogP contribution >= 0.6 is 0 Å². The van der Waals surface area contributed by atoms with Crippen LogP contribution in [0.4, 0.5) is 5.69 Å². The van der Waals surface area contributed by atoms with Crippen molar-refractivity contribution < 1.29 is 9.53 Å². The minimum atomic E-state index is -0.419. The van der Waals surface area contributed by atoms with Crippen LogP contribution in [0, 0.1) is 11.8 Å². The fourth-order valence-electron chi connectivity index (χ4n) is 5.71. The predicted octanol–water partition coefficient (Wildman–Crippen LogP) is 5.88. The second-order valence-corrected chi connectivity index (χ2v) is 10.0. The van der Waals surface area contributed by atoms with Gasteiger partial charge in [-0.3, -0.25) is 9.69 Å². The lowest BCUT2D eigenvalue weighted by atomic mass is 9.68. The summed E-state index contributed by atoms with van der Waals surface area (Å²) in [4.78, 5) is 15.9.